The van der Waals surface area contributed by atoms with Crippen molar-refractivity contribution < 1.29 is 23.1 Å². The van der Waals surface area contributed by atoms with Gasteiger partial charge in [-0.25, -0.2) is 22.6 Å². The standard InChI is InChI=1S/C13H16N4O5S/c1-3-17-9(7-14-16-17)8-15-23(20,21)10-4-5-11(13(18)19)12(6-10)22-2/h4-7,15H,3,8H2,1-2H3,(H,18,19). The zero-order valence-corrected chi connectivity index (χ0v) is 13.4. The van der Waals surface area contributed by atoms with E-state index >= 15 is 0 Å². The second kappa shape index (κ2) is 6.75. The number of methoxy groups -OCH3 is 1. The van der Waals surface area contributed by atoms with E-state index in [2.05, 4.69) is 15.0 Å². The molecule has 124 valence electrons. The molecule has 0 saturated carbocycles. The number of hydrogen-bond donors (Lipinski definition) is 2. The van der Waals surface area contributed by atoms with Crippen LogP contribution in [0.15, 0.2) is 29.3 Å². The molecule has 0 fully saturated rings. The Labute approximate surface area is 132 Å². The molecule has 9 nitrogen and oxygen atoms in total. The molecule has 2 N–H and O–H groups in total. The Morgan fingerprint density at radius 2 is 2.17 bits per heavy atom. The first-order valence-electron chi connectivity index (χ1n) is 6.67. The molecule has 23 heavy (non-hydrogen) atoms. The lowest BCUT2D eigenvalue weighted by Crippen LogP contribution is -2.25. The lowest BCUT2D eigenvalue weighted by atomic mass is 10.2. The van der Waals surface area contributed by atoms with Gasteiger partial charge < -0.3 is 9.84 Å². The van der Waals surface area contributed by atoms with E-state index in [1.807, 2.05) is 6.92 Å². The fourth-order valence-corrected chi connectivity index (χ4v) is 2.96. The molecule has 0 aliphatic heterocycles. The van der Waals surface area contributed by atoms with Crippen LogP contribution < -0.4 is 9.46 Å². The maximum absolute atomic E-state index is 12.3. The lowest BCUT2D eigenvalue weighted by Gasteiger charge is -2.10. The van der Waals surface area contributed by atoms with Crippen LogP contribution >= 0.6 is 0 Å². The van der Waals surface area contributed by atoms with E-state index in [1.165, 1.54) is 31.5 Å². The molecule has 0 aliphatic rings. The van der Waals surface area contributed by atoms with E-state index in [4.69, 9.17) is 9.84 Å². The fraction of sp³-hybridized carbons (Fsp3) is 0.308. The highest BCUT2D eigenvalue weighted by atomic mass is 32.2. The normalized spacial score (nSPS) is 11.4. The number of hydrogen-bond acceptors (Lipinski definition) is 6. The van der Waals surface area contributed by atoms with Crippen molar-refractivity contribution in [3.05, 3.63) is 35.7 Å². The Morgan fingerprint density at radius 1 is 1.43 bits per heavy atom. The molecule has 10 heteroatoms. The summed E-state index contributed by atoms with van der Waals surface area (Å²) in [5.41, 5.74) is 0.505. The molecule has 0 aliphatic carbocycles. The smallest absolute Gasteiger partial charge is 0.339 e. The van der Waals surface area contributed by atoms with Gasteiger partial charge in [0.15, 0.2) is 0 Å². The van der Waals surface area contributed by atoms with Crippen LogP contribution in [0.5, 0.6) is 5.75 Å². The van der Waals surface area contributed by atoms with Gasteiger partial charge in [-0.3, -0.25) is 0 Å². The minimum Gasteiger partial charge on any atom is -0.496 e. The number of carboxylic acids is 1. The van der Waals surface area contributed by atoms with Gasteiger partial charge in [0.1, 0.15) is 11.3 Å². The van der Waals surface area contributed by atoms with Crippen molar-refractivity contribution in [2.75, 3.05) is 7.11 Å². The van der Waals surface area contributed by atoms with Gasteiger partial charge in [0.05, 0.1) is 30.4 Å². The van der Waals surface area contributed by atoms with E-state index in [0.29, 0.717) is 12.2 Å². The molecule has 2 aromatic rings. The molecule has 1 aromatic heterocycles. The largest absolute Gasteiger partial charge is 0.496 e. The van der Waals surface area contributed by atoms with Crippen molar-refractivity contribution in [1.82, 2.24) is 19.7 Å². The molecule has 0 spiro atoms. The predicted octanol–water partition coefficient (Wildman–Crippen LogP) is 0.483. The Bertz CT molecular complexity index is 816. The number of sulfonamides is 1. The minimum absolute atomic E-state index is 0.0200. The third kappa shape index (κ3) is 3.66. The molecule has 1 heterocycles. The summed E-state index contributed by atoms with van der Waals surface area (Å²) in [5.74, 6) is -1.22. The molecule has 1 aromatic carbocycles. The minimum atomic E-state index is -3.83. The predicted molar refractivity (Wildman–Crippen MR) is 79.7 cm³/mol. The van der Waals surface area contributed by atoms with Crippen LogP contribution in [0.1, 0.15) is 23.0 Å². The van der Waals surface area contributed by atoms with E-state index in [0.717, 1.165) is 0 Å². The highest BCUT2D eigenvalue weighted by Gasteiger charge is 2.19. The van der Waals surface area contributed by atoms with Crippen molar-refractivity contribution in [1.29, 1.82) is 0 Å². The average Bonchev–Trinajstić information content (AvgIpc) is 2.99. The molecule has 0 bridgehead atoms. The summed E-state index contributed by atoms with van der Waals surface area (Å²) in [5, 5.41) is 16.5. The summed E-state index contributed by atoms with van der Waals surface area (Å²) in [6.45, 7) is 2.45. The number of aromatic nitrogens is 3. The van der Waals surface area contributed by atoms with Gasteiger partial charge >= 0.3 is 5.97 Å². The van der Waals surface area contributed by atoms with Crippen molar-refractivity contribution in [3.63, 3.8) is 0 Å². The first-order chi connectivity index (χ1) is 10.9. The average molecular weight is 340 g/mol. The van der Waals surface area contributed by atoms with E-state index in [1.54, 1.807) is 4.68 Å². The Kier molecular flexibility index (Phi) is 4.96. The van der Waals surface area contributed by atoms with E-state index in [9.17, 15) is 13.2 Å². The maximum Gasteiger partial charge on any atom is 0.339 e. The van der Waals surface area contributed by atoms with E-state index in [-0.39, 0.29) is 22.8 Å². The Morgan fingerprint density at radius 3 is 2.78 bits per heavy atom. The molecular formula is C13H16N4O5S. The number of nitrogens with one attached hydrogen (secondary N) is 1. The highest BCUT2D eigenvalue weighted by molar-refractivity contribution is 7.89. The highest BCUT2D eigenvalue weighted by Crippen LogP contribution is 2.23. The van der Waals surface area contributed by atoms with E-state index < -0.39 is 16.0 Å². The van der Waals surface area contributed by atoms with Gasteiger partial charge in [0, 0.05) is 12.6 Å². The van der Waals surface area contributed by atoms with Gasteiger partial charge in [-0.05, 0) is 19.1 Å². The van der Waals surface area contributed by atoms with Crippen LogP contribution in [-0.4, -0.2) is 41.6 Å². The molecule has 0 saturated heterocycles. The molecular weight excluding hydrogens is 324 g/mol. The summed E-state index contributed by atoms with van der Waals surface area (Å²) < 4.78 is 33.5. The van der Waals surface area contributed by atoms with Gasteiger partial charge in [-0.2, -0.15) is 0 Å². The summed E-state index contributed by atoms with van der Waals surface area (Å²) in [6, 6.07) is 3.57. The fourth-order valence-electron chi connectivity index (χ4n) is 1.95. The molecule has 0 radical (unpaired) electrons. The summed E-state index contributed by atoms with van der Waals surface area (Å²) >= 11 is 0. The number of carbonyl (C=O) groups is 1. The lowest BCUT2D eigenvalue weighted by molar-refractivity contribution is 0.0693. The zero-order chi connectivity index (χ0) is 17.0. The van der Waals surface area contributed by atoms with Crippen LogP contribution in [0.3, 0.4) is 0 Å². The Balaban J connectivity index is 2.24. The number of aryl methyl sites for hydroxylation is 1. The van der Waals surface area contributed by atoms with Crippen LogP contribution in [0, 0.1) is 0 Å². The Hall–Kier alpha value is -2.46. The summed E-state index contributed by atoms with van der Waals surface area (Å²) in [4.78, 5) is 10.9. The summed E-state index contributed by atoms with van der Waals surface area (Å²) in [6.07, 6.45) is 1.47. The second-order valence-electron chi connectivity index (χ2n) is 4.53. The first-order valence-corrected chi connectivity index (χ1v) is 8.15. The number of ether oxygens (including phenoxy) is 1. The maximum atomic E-state index is 12.3. The van der Waals surface area contributed by atoms with Gasteiger partial charge in [0.25, 0.3) is 0 Å². The quantitative estimate of drug-likeness (QED) is 0.751. The van der Waals surface area contributed by atoms with Crippen molar-refractivity contribution >= 4 is 16.0 Å². The second-order valence-corrected chi connectivity index (χ2v) is 6.30. The van der Waals surface area contributed by atoms with Crippen molar-refractivity contribution in [2.24, 2.45) is 0 Å². The number of nitrogens with zero attached hydrogens (tertiary/aromatic N) is 3. The van der Waals surface area contributed by atoms with Crippen LogP contribution in [0.2, 0.25) is 0 Å². The molecule has 0 unspecified atom stereocenters. The first kappa shape index (κ1) is 16.9. The van der Waals surface area contributed by atoms with Gasteiger partial charge in [0.2, 0.25) is 10.0 Å². The third-order valence-corrected chi connectivity index (χ3v) is 4.55. The number of aromatic carboxylic acids is 1. The van der Waals surface area contributed by atoms with Crippen LogP contribution in [-0.2, 0) is 23.1 Å². The molecule has 2 rings (SSSR count). The SMILES string of the molecule is CCn1nncc1CNS(=O)(=O)c1ccc(C(=O)O)c(OC)c1. The van der Waals surface area contributed by atoms with Gasteiger partial charge in [-0.1, -0.05) is 5.21 Å². The van der Waals surface area contributed by atoms with Crippen LogP contribution in [0.25, 0.3) is 0 Å². The number of benzene rings is 1. The van der Waals surface area contributed by atoms with Gasteiger partial charge in [-0.15, -0.1) is 5.10 Å². The number of carboxylic acid groups (broad SMARTS) is 1. The third-order valence-electron chi connectivity index (χ3n) is 3.15. The zero-order valence-electron chi connectivity index (χ0n) is 12.6. The molecule has 0 atom stereocenters. The monoisotopic (exact) mass is 340 g/mol. The number of rotatable bonds is 7. The molecule has 0 amide bonds. The topological polar surface area (TPSA) is 123 Å². The summed E-state index contributed by atoms with van der Waals surface area (Å²) in [7, 11) is -2.55. The van der Waals surface area contributed by atoms with Crippen molar-refractivity contribution in [2.45, 2.75) is 24.9 Å². The van der Waals surface area contributed by atoms with Crippen LogP contribution in [0.4, 0.5) is 0 Å². The van der Waals surface area contributed by atoms with Crippen molar-refractivity contribution in [3.8, 4) is 5.75 Å².